The Bertz CT molecular complexity index is 476. The number of methoxy groups -OCH3 is 2. The molecule has 1 amide bonds. The number of piperidine rings is 1. The summed E-state index contributed by atoms with van der Waals surface area (Å²) in [5, 5.41) is 0. The monoisotopic (exact) mass is 278 g/mol. The molecule has 2 rings (SSSR count). The van der Waals surface area contributed by atoms with Crippen LogP contribution < -0.4 is 15.2 Å². The van der Waals surface area contributed by atoms with Crippen LogP contribution in [0.5, 0.6) is 11.5 Å². The molecule has 1 unspecified atom stereocenters. The molecule has 5 heteroatoms. The standard InChI is InChI=1S/C15H22N2O3/c1-19-13-5-6-14(20-2)11(8-13)9-15(18)17-7-3-4-12(16)10-17/h5-6,8,12H,3-4,7,9-10,16H2,1-2H3. The van der Waals surface area contributed by atoms with Crippen molar-refractivity contribution in [1.29, 1.82) is 0 Å². The molecule has 0 bridgehead atoms. The fraction of sp³-hybridized carbons (Fsp3) is 0.533. The van der Waals surface area contributed by atoms with Crippen molar-refractivity contribution >= 4 is 5.91 Å². The van der Waals surface area contributed by atoms with E-state index in [1.54, 1.807) is 14.2 Å². The number of carbonyl (C=O) groups excluding carboxylic acids is 1. The van der Waals surface area contributed by atoms with Gasteiger partial charge in [0.2, 0.25) is 5.91 Å². The van der Waals surface area contributed by atoms with Crippen LogP contribution in [-0.2, 0) is 11.2 Å². The summed E-state index contributed by atoms with van der Waals surface area (Å²) in [6.45, 7) is 1.43. The first-order chi connectivity index (χ1) is 9.63. The Hall–Kier alpha value is -1.75. The molecule has 1 atom stereocenters. The van der Waals surface area contributed by atoms with Gasteiger partial charge in [0.1, 0.15) is 11.5 Å². The zero-order chi connectivity index (χ0) is 14.5. The van der Waals surface area contributed by atoms with Gasteiger partial charge in [-0.2, -0.15) is 0 Å². The minimum Gasteiger partial charge on any atom is -0.497 e. The Morgan fingerprint density at radius 1 is 1.40 bits per heavy atom. The molecule has 5 nitrogen and oxygen atoms in total. The van der Waals surface area contributed by atoms with Crippen molar-refractivity contribution in [2.45, 2.75) is 25.3 Å². The summed E-state index contributed by atoms with van der Waals surface area (Å²) in [4.78, 5) is 14.2. The highest BCUT2D eigenvalue weighted by atomic mass is 16.5. The Morgan fingerprint density at radius 3 is 2.85 bits per heavy atom. The third kappa shape index (κ3) is 3.42. The molecule has 0 radical (unpaired) electrons. The zero-order valence-electron chi connectivity index (χ0n) is 12.1. The van der Waals surface area contributed by atoms with E-state index in [4.69, 9.17) is 15.2 Å². The number of hydrogen-bond donors (Lipinski definition) is 1. The van der Waals surface area contributed by atoms with Crippen molar-refractivity contribution in [3.8, 4) is 11.5 Å². The highest BCUT2D eigenvalue weighted by molar-refractivity contribution is 5.79. The first-order valence-corrected chi connectivity index (χ1v) is 6.88. The number of ether oxygens (including phenoxy) is 2. The minimum absolute atomic E-state index is 0.0895. The molecule has 1 heterocycles. The van der Waals surface area contributed by atoms with Crippen LogP contribution in [0.25, 0.3) is 0 Å². The molecule has 1 fully saturated rings. The third-order valence-corrected chi connectivity index (χ3v) is 3.64. The number of carbonyl (C=O) groups is 1. The molecular weight excluding hydrogens is 256 g/mol. The second kappa shape index (κ2) is 6.61. The van der Waals surface area contributed by atoms with Gasteiger partial charge >= 0.3 is 0 Å². The van der Waals surface area contributed by atoms with Crippen molar-refractivity contribution in [3.63, 3.8) is 0 Å². The summed E-state index contributed by atoms with van der Waals surface area (Å²) in [6, 6.07) is 5.59. The van der Waals surface area contributed by atoms with E-state index in [1.165, 1.54) is 0 Å². The van der Waals surface area contributed by atoms with E-state index in [0.29, 0.717) is 18.7 Å². The maximum Gasteiger partial charge on any atom is 0.227 e. The van der Waals surface area contributed by atoms with Gasteiger partial charge in [-0.3, -0.25) is 4.79 Å². The van der Waals surface area contributed by atoms with Gasteiger partial charge in [0.25, 0.3) is 0 Å². The Morgan fingerprint density at radius 2 is 2.20 bits per heavy atom. The Labute approximate surface area is 119 Å². The van der Waals surface area contributed by atoms with Crippen molar-refractivity contribution in [1.82, 2.24) is 4.90 Å². The van der Waals surface area contributed by atoms with E-state index in [-0.39, 0.29) is 11.9 Å². The summed E-state index contributed by atoms with van der Waals surface area (Å²) in [5.74, 6) is 1.52. The van der Waals surface area contributed by atoms with Crippen LogP contribution in [0.3, 0.4) is 0 Å². The molecule has 1 aliphatic rings. The van der Waals surface area contributed by atoms with Gasteiger partial charge in [0.05, 0.1) is 20.6 Å². The number of amides is 1. The van der Waals surface area contributed by atoms with Crippen LogP contribution in [0.2, 0.25) is 0 Å². The first kappa shape index (κ1) is 14.7. The summed E-state index contributed by atoms with van der Waals surface area (Å²) < 4.78 is 10.5. The van der Waals surface area contributed by atoms with Crippen molar-refractivity contribution < 1.29 is 14.3 Å². The van der Waals surface area contributed by atoms with Crippen LogP contribution in [0.4, 0.5) is 0 Å². The van der Waals surface area contributed by atoms with Crippen LogP contribution in [0, 0.1) is 0 Å². The van der Waals surface area contributed by atoms with Gasteiger partial charge in [-0.05, 0) is 31.0 Å². The fourth-order valence-corrected chi connectivity index (χ4v) is 2.53. The lowest BCUT2D eigenvalue weighted by Gasteiger charge is -2.31. The van der Waals surface area contributed by atoms with Gasteiger partial charge in [-0.15, -0.1) is 0 Å². The van der Waals surface area contributed by atoms with Gasteiger partial charge < -0.3 is 20.1 Å². The quantitative estimate of drug-likeness (QED) is 0.898. The maximum atomic E-state index is 12.4. The van der Waals surface area contributed by atoms with E-state index in [1.807, 2.05) is 23.1 Å². The van der Waals surface area contributed by atoms with Crippen molar-refractivity contribution in [3.05, 3.63) is 23.8 Å². The number of rotatable bonds is 4. The van der Waals surface area contributed by atoms with Gasteiger partial charge in [0.15, 0.2) is 0 Å². The van der Waals surface area contributed by atoms with Gasteiger partial charge in [-0.1, -0.05) is 0 Å². The average molecular weight is 278 g/mol. The largest absolute Gasteiger partial charge is 0.497 e. The maximum absolute atomic E-state index is 12.4. The zero-order valence-corrected chi connectivity index (χ0v) is 12.1. The molecule has 110 valence electrons. The van der Waals surface area contributed by atoms with Gasteiger partial charge in [0, 0.05) is 24.7 Å². The number of benzene rings is 1. The SMILES string of the molecule is COc1ccc(OC)c(CC(=O)N2CCCC(N)C2)c1. The predicted molar refractivity (Wildman–Crippen MR) is 77.0 cm³/mol. The average Bonchev–Trinajstić information content (AvgIpc) is 2.47. The van der Waals surface area contributed by atoms with E-state index in [2.05, 4.69) is 0 Å². The summed E-state index contributed by atoms with van der Waals surface area (Å²) in [5.41, 5.74) is 6.76. The molecule has 0 saturated carbocycles. The summed E-state index contributed by atoms with van der Waals surface area (Å²) in [6.07, 6.45) is 2.28. The second-order valence-electron chi connectivity index (χ2n) is 5.10. The Kier molecular flexibility index (Phi) is 4.84. The molecule has 20 heavy (non-hydrogen) atoms. The van der Waals surface area contributed by atoms with E-state index in [0.717, 1.165) is 30.7 Å². The van der Waals surface area contributed by atoms with E-state index >= 15 is 0 Å². The summed E-state index contributed by atoms with van der Waals surface area (Å²) in [7, 11) is 3.21. The Balaban J connectivity index is 2.10. The van der Waals surface area contributed by atoms with Gasteiger partial charge in [-0.25, -0.2) is 0 Å². The lowest BCUT2D eigenvalue weighted by Crippen LogP contribution is -2.46. The molecule has 1 aromatic rings. The summed E-state index contributed by atoms with van der Waals surface area (Å²) >= 11 is 0. The van der Waals surface area contributed by atoms with Crippen LogP contribution in [-0.4, -0.2) is 44.2 Å². The predicted octanol–water partition coefficient (Wildman–Crippen LogP) is 1.20. The van der Waals surface area contributed by atoms with Crippen LogP contribution >= 0.6 is 0 Å². The number of hydrogen-bond acceptors (Lipinski definition) is 4. The lowest BCUT2D eigenvalue weighted by molar-refractivity contribution is -0.131. The number of nitrogens with zero attached hydrogens (tertiary/aromatic N) is 1. The van der Waals surface area contributed by atoms with Crippen LogP contribution in [0.1, 0.15) is 18.4 Å². The molecule has 2 N–H and O–H groups in total. The molecule has 0 aliphatic carbocycles. The molecule has 0 spiro atoms. The van der Waals surface area contributed by atoms with E-state index in [9.17, 15) is 4.79 Å². The molecule has 0 aromatic heterocycles. The van der Waals surface area contributed by atoms with E-state index < -0.39 is 0 Å². The molecule has 1 saturated heterocycles. The number of nitrogens with two attached hydrogens (primary N) is 1. The highest BCUT2D eigenvalue weighted by Gasteiger charge is 2.22. The van der Waals surface area contributed by atoms with Crippen molar-refractivity contribution in [2.24, 2.45) is 5.73 Å². The van der Waals surface area contributed by atoms with Crippen molar-refractivity contribution in [2.75, 3.05) is 27.3 Å². The highest BCUT2D eigenvalue weighted by Crippen LogP contribution is 2.25. The smallest absolute Gasteiger partial charge is 0.227 e. The molecule has 1 aliphatic heterocycles. The molecular formula is C15H22N2O3. The minimum atomic E-state index is 0.0895. The third-order valence-electron chi connectivity index (χ3n) is 3.64. The second-order valence-corrected chi connectivity index (χ2v) is 5.10. The topological polar surface area (TPSA) is 64.8 Å². The van der Waals surface area contributed by atoms with Crippen LogP contribution in [0.15, 0.2) is 18.2 Å². The normalized spacial score (nSPS) is 18.8. The molecule has 1 aromatic carbocycles. The fourth-order valence-electron chi connectivity index (χ4n) is 2.53. The first-order valence-electron chi connectivity index (χ1n) is 6.88. The lowest BCUT2D eigenvalue weighted by atomic mass is 10.0. The number of likely N-dealkylation sites (tertiary alicyclic amines) is 1.